The van der Waals surface area contributed by atoms with Crippen LogP contribution >= 0.6 is 11.8 Å². The molecule has 0 saturated heterocycles. The lowest BCUT2D eigenvalue weighted by atomic mass is 10.1. The van der Waals surface area contributed by atoms with Gasteiger partial charge in [0, 0.05) is 36.9 Å². The van der Waals surface area contributed by atoms with Crippen LogP contribution < -0.4 is 10.2 Å². The first-order valence-electron chi connectivity index (χ1n) is 9.50. The van der Waals surface area contributed by atoms with Crippen molar-refractivity contribution < 1.29 is 9.59 Å². The number of fused-ring (bicyclic) bond motifs is 2. The number of carbonyl (C=O) groups excluding carboxylic acids is 2. The predicted octanol–water partition coefficient (Wildman–Crippen LogP) is 3.36. The van der Waals surface area contributed by atoms with E-state index in [1.165, 1.54) is 11.8 Å². The molecule has 3 aromatic rings. The Morgan fingerprint density at radius 2 is 2.03 bits per heavy atom. The van der Waals surface area contributed by atoms with Gasteiger partial charge in [-0.2, -0.15) is 5.10 Å². The van der Waals surface area contributed by atoms with Gasteiger partial charge in [0.25, 0.3) is 11.8 Å². The molecule has 8 heteroatoms. The average Bonchev–Trinajstić information content (AvgIpc) is 3.19. The molecule has 0 unspecified atom stereocenters. The summed E-state index contributed by atoms with van der Waals surface area (Å²) in [6.07, 6.45) is 3.48. The molecule has 0 fully saturated rings. The number of pyridine rings is 1. The van der Waals surface area contributed by atoms with E-state index in [1.54, 1.807) is 34.1 Å². The van der Waals surface area contributed by atoms with Crippen molar-refractivity contribution in [2.24, 2.45) is 0 Å². The molecule has 0 spiro atoms. The summed E-state index contributed by atoms with van der Waals surface area (Å²) in [5, 5.41) is 7.83. The van der Waals surface area contributed by atoms with E-state index in [4.69, 9.17) is 0 Å². The van der Waals surface area contributed by atoms with Crippen molar-refractivity contribution in [1.82, 2.24) is 20.1 Å². The first-order valence-corrected chi connectivity index (χ1v) is 10.3. The van der Waals surface area contributed by atoms with E-state index < -0.39 is 0 Å². The minimum absolute atomic E-state index is 0.0468. The molecule has 1 aliphatic rings. The van der Waals surface area contributed by atoms with E-state index in [0.717, 1.165) is 22.7 Å². The van der Waals surface area contributed by atoms with Gasteiger partial charge in [-0.05, 0) is 49.7 Å². The van der Waals surface area contributed by atoms with E-state index in [2.05, 4.69) is 15.4 Å². The normalized spacial score (nSPS) is 12.9. The zero-order chi connectivity index (χ0) is 20.4. The summed E-state index contributed by atoms with van der Waals surface area (Å²) in [6, 6.07) is 11.2. The van der Waals surface area contributed by atoms with Crippen LogP contribution in [0.3, 0.4) is 0 Å². The summed E-state index contributed by atoms with van der Waals surface area (Å²) in [6.45, 7) is 5.59. The third-order valence-corrected chi connectivity index (χ3v) is 5.80. The Bertz CT molecular complexity index is 1080. The summed E-state index contributed by atoms with van der Waals surface area (Å²) in [5.74, 6) is -0.258. The zero-order valence-corrected chi connectivity index (χ0v) is 17.1. The first-order chi connectivity index (χ1) is 14.1. The topological polar surface area (TPSA) is 80.1 Å². The zero-order valence-electron chi connectivity index (χ0n) is 16.3. The highest BCUT2D eigenvalue weighted by Crippen LogP contribution is 2.40. The van der Waals surface area contributed by atoms with Gasteiger partial charge in [-0.15, -0.1) is 0 Å². The van der Waals surface area contributed by atoms with E-state index in [0.29, 0.717) is 29.4 Å². The monoisotopic (exact) mass is 407 g/mol. The van der Waals surface area contributed by atoms with Crippen molar-refractivity contribution in [2.75, 3.05) is 11.4 Å². The van der Waals surface area contributed by atoms with Crippen LogP contribution in [-0.4, -0.2) is 33.1 Å². The Kier molecular flexibility index (Phi) is 5.35. The molecule has 0 radical (unpaired) electrons. The fourth-order valence-electron chi connectivity index (χ4n) is 3.21. The van der Waals surface area contributed by atoms with Gasteiger partial charge in [0.05, 0.1) is 11.3 Å². The minimum Gasteiger partial charge on any atom is -0.347 e. The number of carbonyl (C=O) groups is 2. The summed E-state index contributed by atoms with van der Waals surface area (Å²) in [7, 11) is 0. The molecule has 148 valence electrons. The quantitative estimate of drug-likeness (QED) is 0.702. The Hall–Kier alpha value is -3.13. The molecule has 3 heterocycles. The summed E-state index contributed by atoms with van der Waals surface area (Å²) in [5.41, 5.74) is 2.81. The molecule has 1 aliphatic heterocycles. The molecular weight excluding hydrogens is 386 g/mol. The van der Waals surface area contributed by atoms with Crippen LogP contribution in [-0.2, 0) is 13.1 Å². The van der Waals surface area contributed by atoms with Gasteiger partial charge in [0.15, 0.2) is 0 Å². The van der Waals surface area contributed by atoms with Crippen LogP contribution in [0.5, 0.6) is 0 Å². The molecule has 2 aromatic heterocycles. The van der Waals surface area contributed by atoms with Gasteiger partial charge >= 0.3 is 0 Å². The second-order valence-electron chi connectivity index (χ2n) is 6.55. The second-order valence-corrected chi connectivity index (χ2v) is 7.58. The van der Waals surface area contributed by atoms with Gasteiger partial charge in [-0.25, -0.2) is 4.98 Å². The lowest BCUT2D eigenvalue weighted by molar-refractivity contribution is 0.0943. The number of aromatic nitrogens is 3. The van der Waals surface area contributed by atoms with E-state index in [1.807, 2.05) is 38.1 Å². The molecule has 0 aliphatic carbocycles. The van der Waals surface area contributed by atoms with Crippen molar-refractivity contribution in [3.05, 3.63) is 65.6 Å². The van der Waals surface area contributed by atoms with Crippen molar-refractivity contribution in [1.29, 1.82) is 0 Å². The maximum atomic E-state index is 12.9. The second kappa shape index (κ2) is 8.08. The fraction of sp³-hybridized carbons (Fsp3) is 0.238. The largest absolute Gasteiger partial charge is 0.347 e. The highest BCUT2D eigenvalue weighted by molar-refractivity contribution is 7.99. The van der Waals surface area contributed by atoms with Gasteiger partial charge in [-0.3, -0.25) is 14.3 Å². The number of hydrogen-bond donors (Lipinski definition) is 1. The summed E-state index contributed by atoms with van der Waals surface area (Å²) in [4.78, 5) is 32.4. The van der Waals surface area contributed by atoms with Crippen LogP contribution in [0.1, 0.15) is 40.3 Å². The van der Waals surface area contributed by atoms with Crippen molar-refractivity contribution in [3.63, 3.8) is 0 Å². The van der Waals surface area contributed by atoms with Gasteiger partial charge < -0.3 is 10.2 Å². The Morgan fingerprint density at radius 3 is 2.79 bits per heavy atom. The van der Waals surface area contributed by atoms with Crippen LogP contribution in [0.4, 0.5) is 5.69 Å². The van der Waals surface area contributed by atoms with Crippen LogP contribution in [0.15, 0.2) is 58.7 Å². The van der Waals surface area contributed by atoms with Gasteiger partial charge in [-0.1, -0.05) is 17.8 Å². The van der Waals surface area contributed by atoms with Gasteiger partial charge in [0.2, 0.25) is 0 Å². The number of rotatable bonds is 5. The summed E-state index contributed by atoms with van der Waals surface area (Å²) >= 11 is 1.48. The summed E-state index contributed by atoms with van der Waals surface area (Å²) < 4.78 is 1.72. The SMILES string of the molecule is CCN1C(=O)c2cccnc2Sc2cc(CNC(=O)c3ccn(CC)n3)ccc21. The van der Waals surface area contributed by atoms with Crippen LogP contribution in [0, 0.1) is 0 Å². The number of aryl methyl sites for hydroxylation is 1. The molecule has 29 heavy (non-hydrogen) atoms. The fourth-order valence-corrected chi connectivity index (χ4v) is 4.29. The molecule has 7 nitrogen and oxygen atoms in total. The molecule has 2 amide bonds. The number of nitrogens with zero attached hydrogens (tertiary/aromatic N) is 4. The number of nitrogens with one attached hydrogen (secondary N) is 1. The molecular formula is C21H21N5O2S. The smallest absolute Gasteiger partial charge is 0.272 e. The van der Waals surface area contributed by atoms with Crippen LogP contribution in [0.25, 0.3) is 0 Å². The Labute approximate surface area is 173 Å². The minimum atomic E-state index is -0.211. The maximum absolute atomic E-state index is 12.9. The highest BCUT2D eigenvalue weighted by Gasteiger charge is 2.27. The lowest BCUT2D eigenvalue weighted by Gasteiger charge is -2.21. The predicted molar refractivity (Wildman–Crippen MR) is 111 cm³/mol. The number of benzene rings is 1. The van der Waals surface area contributed by atoms with Crippen molar-refractivity contribution in [2.45, 2.75) is 36.9 Å². The number of amides is 2. The van der Waals surface area contributed by atoms with Crippen LogP contribution in [0.2, 0.25) is 0 Å². The molecule has 1 N–H and O–H groups in total. The van der Waals surface area contributed by atoms with Gasteiger partial charge in [0.1, 0.15) is 10.7 Å². The Balaban J connectivity index is 1.57. The average molecular weight is 407 g/mol. The van der Waals surface area contributed by atoms with Crippen molar-refractivity contribution in [3.8, 4) is 0 Å². The standard InChI is InChI=1S/C21H21N5O2S/c1-3-25-11-9-16(24-25)19(27)23-13-14-7-8-17-18(12-14)29-20-15(6-5-10-22-20)21(28)26(17)4-2/h5-12H,3-4,13H2,1-2H3,(H,23,27). The third kappa shape index (κ3) is 3.75. The molecule has 0 saturated carbocycles. The van der Waals surface area contributed by atoms with E-state index >= 15 is 0 Å². The maximum Gasteiger partial charge on any atom is 0.272 e. The lowest BCUT2D eigenvalue weighted by Crippen LogP contribution is -2.30. The Morgan fingerprint density at radius 1 is 1.17 bits per heavy atom. The molecule has 4 rings (SSSR count). The first kappa shape index (κ1) is 19.2. The van der Waals surface area contributed by atoms with E-state index in [-0.39, 0.29) is 11.8 Å². The van der Waals surface area contributed by atoms with Crippen molar-refractivity contribution >= 4 is 29.3 Å². The molecule has 0 atom stereocenters. The molecule has 0 bridgehead atoms. The third-order valence-electron chi connectivity index (χ3n) is 4.73. The van der Waals surface area contributed by atoms with E-state index in [9.17, 15) is 9.59 Å². The number of hydrogen-bond acceptors (Lipinski definition) is 5. The number of anilines is 1. The highest BCUT2D eigenvalue weighted by atomic mass is 32.2. The molecule has 1 aromatic carbocycles.